The number of hydrogen-bond acceptors (Lipinski definition) is 4. The van der Waals surface area contributed by atoms with E-state index in [4.69, 9.17) is 10.2 Å². The number of amides is 2. The summed E-state index contributed by atoms with van der Waals surface area (Å²) in [7, 11) is 2.01. The molecule has 2 amide bonds. The van der Waals surface area contributed by atoms with Crippen LogP contribution in [-0.2, 0) is 4.79 Å². The van der Waals surface area contributed by atoms with Gasteiger partial charge in [0.2, 0.25) is 0 Å². The normalized spacial score (nSPS) is 18.2. The molecular weight excluding hydrogens is 238 g/mol. The highest BCUT2D eigenvalue weighted by molar-refractivity contribution is 5.82. The summed E-state index contributed by atoms with van der Waals surface area (Å²) in [6.07, 6.45) is 2.39. The maximum Gasteiger partial charge on any atom is 0.328 e. The molecule has 0 spiro atoms. The van der Waals surface area contributed by atoms with Crippen LogP contribution >= 0.6 is 0 Å². The molecule has 0 saturated heterocycles. The van der Waals surface area contributed by atoms with Gasteiger partial charge >= 0.3 is 12.0 Å². The van der Waals surface area contributed by atoms with E-state index in [0.717, 1.165) is 0 Å². The summed E-state index contributed by atoms with van der Waals surface area (Å²) in [5.41, 5.74) is 0. The Balaban J connectivity index is 2.25. The molecule has 1 rings (SSSR count). The van der Waals surface area contributed by atoms with Gasteiger partial charge in [0.15, 0.2) is 6.04 Å². The van der Waals surface area contributed by atoms with Gasteiger partial charge in [-0.25, -0.2) is 9.59 Å². The first kappa shape index (κ1) is 14.7. The summed E-state index contributed by atoms with van der Waals surface area (Å²) >= 11 is 0. The maximum absolute atomic E-state index is 11.4. The van der Waals surface area contributed by atoms with E-state index in [2.05, 4.69) is 15.5 Å². The summed E-state index contributed by atoms with van der Waals surface area (Å²) in [5, 5.41) is 22.2. The Labute approximate surface area is 106 Å². The lowest BCUT2D eigenvalue weighted by atomic mass is 10.3. The van der Waals surface area contributed by atoms with E-state index >= 15 is 0 Å². The highest BCUT2D eigenvalue weighted by Gasteiger charge is 2.29. The second-order valence-corrected chi connectivity index (χ2v) is 4.67. The fraction of sp³-hybridized carbons (Fsp3) is 0.818. The van der Waals surface area contributed by atoms with Crippen molar-refractivity contribution in [1.82, 2.24) is 15.5 Å². The summed E-state index contributed by atoms with van der Waals surface area (Å²) in [6.45, 7) is 1.82. The number of aliphatic hydroxyl groups is 1. The smallest absolute Gasteiger partial charge is 0.328 e. The maximum atomic E-state index is 11.4. The molecule has 7 nitrogen and oxygen atoms in total. The van der Waals surface area contributed by atoms with Crippen molar-refractivity contribution in [1.29, 1.82) is 0 Å². The summed E-state index contributed by atoms with van der Waals surface area (Å²) < 4.78 is 0. The van der Waals surface area contributed by atoms with Crippen LogP contribution in [0, 0.1) is 0 Å². The molecule has 1 fully saturated rings. The van der Waals surface area contributed by atoms with Gasteiger partial charge < -0.3 is 20.8 Å². The Hall–Kier alpha value is -1.34. The summed E-state index contributed by atoms with van der Waals surface area (Å²) in [4.78, 5) is 24.2. The third-order valence-corrected chi connectivity index (χ3v) is 3.16. The van der Waals surface area contributed by atoms with E-state index in [-0.39, 0.29) is 6.04 Å². The first-order valence-electron chi connectivity index (χ1n) is 6.05. The summed E-state index contributed by atoms with van der Waals surface area (Å²) in [6, 6.07) is -1.04. The average Bonchev–Trinajstić information content (AvgIpc) is 3.15. The molecule has 0 aromatic carbocycles. The molecule has 4 N–H and O–H groups in total. The van der Waals surface area contributed by atoms with Crippen LogP contribution in [0.3, 0.4) is 0 Å². The van der Waals surface area contributed by atoms with Crippen LogP contribution in [0.5, 0.6) is 0 Å². The molecule has 1 saturated carbocycles. The van der Waals surface area contributed by atoms with Crippen LogP contribution in [-0.4, -0.2) is 65.4 Å². The van der Waals surface area contributed by atoms with Crippen molar-refractivity contribution >= 4 is 12.0 Å². The lowest BCUT2D eigenvalue weighted by molar-refractivity contribution is -0.140. The second kappa shape index (κ2) is 6.55. The zero-order valence-corrected chi connectivity index (χ0v) is 10.7. The Morgan fingerprint density at radius 1 is 1.44 bits per heavy atom. The number of carboxylic acids is 1. The SMILES string of the molecule is CC(CNC(=O)NC(CO)C(=O)O)N(C)C1CC1. The molecule has 0 aromatic rings. The summed E-state index contributed by atoms with van der Waals surface area (Å²) in [5.74, 6) is -1.25. The molecule has 0 heterocycles. The fourth-order valence-corrected chi connectivity index (χ4v) is 1.62. The molecule has 0 aliphatic heterocycles. The molecule has 0 bridgehead atoms. The van der Waals surface area contributed by atoms with E-state index in [1.54, 1.807) is 0 Å². The lowest BCUT2D eigenvalue weighted by Crippen LogP contribution is -2.50. The van der Waals surface area contributed by atoms with Crippen molar-refractivity contribution in [2.24, 2.45) is 0 Å². The van der Waals surface area contributed by atoms with E-state index < -0.39 is 24.6 Å². The highest BCUT2D eigenvalue weighted by atomic mass is 16.4. The Bertz CT molecular complexity index is 307. The number of carbonyl (C=O) groups excluding carboxylic acids is 1. The first-order valence-corrected chi connectivity index (χ1v) is 6.05. The minimum atomic E-state index is -1.26. The number of carbonyl (C=O) groups is 2. The second-order valence-electron chi connectivity index (χ2n) is 4.67. The van der Waals surface area contributed by atoms with E-state index in [9.17, 15) is 9.59 Å². The predicted molar refractivity (Wildman–Crippen MR) is 65.3 cm³/mol. The van der Waals surface area contributed by atoms with Crippen LogP contribution in [0.15, 0.2) is 0 Å². The molecule has 1 aliphatic carbocycles. The molecule has 7 heteroatoms. The molecule has 0 radical (unpaired) electrons. The Morgan fingerprint density at radius 2 is 2.06 bits per heavy atom. The van der Waals surface area contributed by atoms with Crippen molar-refractivity contribution in [3.8, 4) is 0 Å². The highest BCUT2D eigenvalue weighted by Crippen LogP contribution is 2.26. The quantitative estimate of drug-likeness (QED) is 0.480. The van der Waals surface area contributed by atoms with Crippen molar-refractivity contribution in [2.45, 2.75) is 37.9 Å². The number of aliphatic carboxylic acids is 1. The fourth-order valence-electron chi connectivity index (χ4n) is 1.62. The van der Waals surface area contributed by atoms with Gasteiger partial charge in [-0.15, -0.1) is 0 Å². The number of hydrogen-bond donors (Lipinski definition) is 4. The van der Waals surface area contributed by atoms with Gasteiger partial charge in [-0.1, -0.05) is 0 Å². The van der Waals surface area contributed by atoms with E-state index in [0.29, 0.717) is 12.6 Å². The van der Waals surface area contributed by atoms with Gasteiger partial charge in [-0.05, 0) is 26.8 Å². The molecule has 2 atom stereocenters. The van der Waals surface area contributed by atoms with Crippen LogP contribution in [0.4, 0.5) is 4.79 Å². The molecule has 18 heavy (non-hydrogen) atoms. The molecular formula is C11H21N3O4. The van der Waals surface area contributed by atoms with Gasteiger partial charge in [0, 0.05) is 18.6 Å². The zero-order valence-electron chi connectivity index (χ0n) is 10.7. The number of carboxylic acid groups (broad SMARTS) is 1. The Kier molecular flexibility index (Phi) is 5.36. The third kappa shape index (κ3) is 4.50. The third-order valence-electron chi connectivity index (χ3n) is 3.16. The average molecular weight is 259 g/mol. The number of nitrogens with zero attached hydrogens (tertiary/aromatic N) is 1. The molecule has 0 aromatic heterocycles. The topological polar surface area (TPSA) is 102 Å². The number of likely N-dealkylation sites (N-methyl/N-ethyl adjacent to an activating group) is 1. The molecule has 1 aliphatic rings. The van der Waals surface area contributed by atoms with Crippen molar-refractivity contribution in [3.05, 3.63) is 0 Å². The minimum Gasteiger partial charge on any atom is -0.480 e. The standard InChI is InChI=1S/C11H21N3O4/c1-7(14(2)8-3-4-8)5-12-11(18)13-9(6-15)10(16)17/h7-9,15H,3-6H2,1-2H3,(H,16,17)(H2,12,13,18). The monoisotopic (exact) mass is 259 g/mol. The van der Waals surface area contributed by atoms with Gasteiger partial charge in [-0.2, -0.15) is 0 Å². The number of urea groups is 1. The van der Waals surface area contributed by atoms with E-state index in [1.807, 2.05) is 14.0 Å². The van der Waals surface area contributed by atoms with Crippen LogP contribution in [0.2, 0.25) is 0 Å². The largest absolute Gasteiger partial charge is 0.480 e. The molecule has 104 valence electrons. The van der Waals surface area contributed by atoms with Gasteiger partial charge in [0.25, 0.3) is 0 Å². The van der Waals surface area contributed by atoms with Crippen molar-refractivity contribution in [2.75, 3.05) is 20.2 Å². The first-order chi connectivity index (χ1) is 8.45. The van der Waals surface area contributed by atoms with Crippen LogP contribution in [0.25, 0.3) is 0 Å². The van der Waals surface area contributed by atoms with E-state index in [1.165, 1.54) is 12.8 Å². The van der Waals surface area contributed by atoms with Gasteiger partial charge in [0.1, 0.15) is 0 Å². The number of nitrogens with one attached hydrogen (secondary N) is 2. The lowest BCUT2D eigenvalue weighted by Gasteiger charge is -2.24. The van der Waals surface area contributed by atoms with Crippen LogP contribution < -0.4 is 10.6 Å². The van der Waals surface area contributed by atoms with Crippen molar-refractivity contribution < 1.29 is 19.8 Å². The number of rotatable bonds is 7. The van der Waals surface area contributed by atoms with Crippen molar-refractivity contribution in [3.63, 3.8) is 0 Å². The van der Waals surface area contributed by atoms with Gasteiger partial charge in [0.05, 0.1) is 6.61 Å². The zero-order chi connectivity index (χ0) is 13.7. The number of aliphatic hydroxyl groups excluding tert-OH is 1. The predicted octanol–water partition coefficient (Wildman–Crippen LogP) is -0.786. The van der Waals surface area contributed by atoms with Gasteiger partial charge in [-0.3, -0.25) is 4.90 Å². The van der Waals surface area contributed by atoms with Crippen LogP contribution in [0.1, 0.15) is 19.8 Å². The minimum absolute atomic E-state index is 0.195. The Morgan fingerprint density at radius 3 is 2.50 bits per heavy atom. The molecule has 2 unspecified atom stereocenters.